The van der Waals surface area contributed by atoms with Gasteiger partial charge in [0.2, 0.25) is 5.95 Å². The molecular formula is C11H20ClN5. The predicted molar refractivity (Wildman–Crippen MR) is 72.3 cm³/mol. The number of hydrogen-bond acceptors (Lipinski definition) is 5. The van der Waals surface area contributed by atoms with E-state index in [-0.39, 0.29) is 18.4 Å². The van der Waals surface area contributed by atoms with E-state index in [1.54, 1.807) is 0 Å². The van der Waals surface area contributed by atoms with Crippen LogP contribution >= 0.6 is 12.4 Å². The highest BCUT2D eigenvalue weighted by molar-refractivity contribution is 5.85. The van der Waals surface area contributed by atoms with Crippen molar-refractivity contribution in [2.45, 2.75) is 25.7 Å². The predicted octanol–water partition coefficient (Wildman–Crippen LogP) is 1.18. The zero-order valence-electron chi connectivity index (χ0n) is 10.3. The lowest BCUT2D eigenvalue weighted by molar-refractivity contribution is 0.253. The van der Waals surface area contributed by atoms with Crippen molar-refractivity contribution in [1.29, 1.82) is 0 Å². The molecule has 0 bridgehead atoms. The Morgan fingerprint density at radius 1 is 1.18 bits per heavy atom. The molecule has 5 nitrogen and oxygen atoms in total. The minimum Gasteiger partial charge on any atom is -0.383 e. The molecular weight excluding hydrogens is 238 g/mol. The van der Waals surface area contributed by atoms with Gasteiger partial charge in [0.1, 0.15) is 5.82 Å². The molecule has 2 heterocycles. The Morgan fingerprint density at radius 2 is 1.76 bits per heavy atom. The second-order valence-corrected chi connectivity index (χ2v) is 4.55. The Kier molecular flexibility index (Phi) is 4.54. The van der Waals surface area contributed by atoms with Gasteiger partial charge in [0.15, 0.2) is 0 Å². The molecule has 1 saturated heterocycles. The Morgan fingerprint density at radius 3 is 2.35 bits per heavy atom. The lowest BCUT2D eigenvalue weighted by Gasteiger charge is -2.29. The first-order chi connectivity index (χ1) is 7.58. The summed E-state index contributed by atoms with van der Waals surface area (Å²) in [6.07, 6.45) is 2.24. The Hall–Kier alpha value is -1.07. The molecule has 0 unspecified atom stereocenters. The number of nitrogens with two attached hydrogens (primary N) is 2. The number of nitrogen functional groups attached to an aromatic ring is 2. The molecule has 1 aliphatic heterocycles. The van der Waals surface area contributed by atoms with Crippen molar-refractivity contribution in [1.82, 2.24) is 14.9 Å². The standard InChI is InChI=1S/C11H19N5.ClH/c1-7-9(14-11(13)15-10(7)12)8-3-5-16(2)6-4-8;/h8H,3-6H2,1-2H3,(H4,12,13,14,15);1H. The molecule has 1 aromatic rings. The summed E-state index contributed by atoms with van der Waals surface area (Å²) >= 11 is 0. The van der Waals surface area contributed by atoms with Gasteiger partial charge in [-0.1, -0.05) is 0 Å². The summed E-state index contributed by atoms with van der Waals surface area (Å²) in [7, 11) is 2.14. The molecule has 4 N–H and O–H groups in total. The average molecular weight is 258 g/mol. The number of halogens is 1. The number of piperidine rings is 1. The number of likely N-dealkylation sites (tertiary alicyclic amines) is 1. The van der Waals surface area contributed by atoms with E-state index in [0.29, 0.717) is 11.7 Å². The van der Waals surface area contributed by atoms with Gasteiger partial charge in [-0.05, 0) is 39.9 Å². The molecule has 0 spiro atoms. The second kappa shape index (κ2) is 5.51. The van der Waals surface area contributed by atoms with Crippen molar-refractivity contribution in [3.05, 3.63) is 11.3 Å². The number of hydrogen-bond donors (Lipinski definition) is 2. The van der Waals surface area contributed by atoms with Crippen LogP contribution < -0.4 is 11.5 Å². The molecule has 1 aliphatic rings. The molecule has 0 aliphatic carbocycles. The first-order valence-corrected chi connectivity index (χ1v) is 5.66. The summed E-state index contributed by atoms with van der Waals surface area (Å²) in [5.41, 5.74) is 13.5. The van der Waals surface area contributed by atoms with E-state index in [4.69, 9.17) is 11.5 Å². The second-order valence-electron chi connectivity index (χ2n) is 4.55. The molecule has 1 fully saturated rings. The van der Waals surface area contributed by atoms with E-state index in [9.17, 15) is 0 Å². The zero-order chi connectivity index (χ0) is 11.7. The van der Waals surface area contributed by atoms with Gasteiger partial charge in [0.25, 0.3) is 0 Å². The van der Waals surface area contributed by atoms with Gasteiger partial charge in [-0.3, -0.25) is 0 Å². The van der Waals surface area contributed by atoms with Gasteiger partial charge in [0, 0.05) is 11.5 Å². The number of anilines is 2. The summed E-state index contributed by atoms with van der Waals surface area (Å²) in [5.74, 6) is 1.28. The van der Waals surface area contributed by atoms with Crippen LogP contribution in [0.2, 0.25) is 0 Å². The summed E-state index contributed by atoms with van der Waals surface area (Å²) in [6.45, 7) is 4.18. The van der Waals surface area contributed by atoms with Crippen LogP contribution in [0.1, 0.15) is 30.0 Å². The van der Waals surface area contributed by atoms with Crippen LogP contribution in [0.4, 0.5) is 11.8 Å². The van der Waals surface area contributed by atoms with Gasteiger partial charge in [-0.15, -0.1) is 12.4 Å². The van der Waals surface area contributed by atoms with Crippen LogP contribution in [0.3, 0.4) is 0 Å². The molecule has 2 rings (SSSR count). The third kappa shape index (κ3) is 2.98. The molecule has 17 heavy (non-hydrogen) atoms. The van der Waals surface area contributed by atoms with E-state index in [1.165, 1.54) is 0 Å². The van der Waals surface area contributed by atoms with E-state index < -0.39 is 0 Å². The Labute approximate surface area is 108 Å². The van der Waals surface area contributed by atoms with Crippen molar-refractivity contribution in [2.75, 3.05) is 31.6 Å². The van der Waals surface area contributed by atoms with E-state index in [2.05, 4.69) is 21.9 Å². The average Bonchev–Trinajstić information content (AvgIpc) is 2.25. The minimum atomic E-state index is 0. The molecule has 0 aromatic carbocycles. The molecule has 0 atom stereocenters. The maximum Gasteiger partial charge on any atom is 0.222 e. The first-order valence-electron chi connectivity index (χ1n) is 5.66. The van der Waals surface area contributed by atoms with Crippen molar-refractivity contribution in [2.24, 2.45) is 0 Å². The van der Waals surface area contributed by atoms with Crippen LogP contribution in [0.15, 0.2) is 0 Å². The minimum absolute atomic E-state index is 0. The normalized spacial score (nSPS) is 17.8. The highest BCUT2D eigenvalue weighted by atomic mass is 35.5. The van der Waals surface area contributed by atoms with Gasteiger partial charge >= 0.3 is 0 Å². The largest absolute Gasteiger partial charge is 0.383 e. The number of aromatic nitrogens is 2. The lowest BCUT2D eigenvalue weighted by Crippen LogP contribution is -2.30. The smallest absolute Gasteiger partial charge is 0.222 e. The number of rotatable bonds is 1. The van der Waals surface area contributed by atoms with Crippen LogP contribution in [-0.4, -0.2) is 35.0 Å². The maximum absolute atomic E-state index is 5.81. The zero-order valence-corrected chi connectivity index (χ0v) is 11.1. The van der Waals surface area contributed by atoms with Gasteiger partial charge in [-0.25, -0.2) is 4.98 Å². The van der Waals surface area contributed by atoms with Crippen LogP contribution in [0, 0.1) is 6.92 Å². The first kappa shape index (κ1) is 14.0. The van der Waals surface area contributed by atoms with Gasteiger partial charge in [0.05, 0.1) is 5.69 Å². The maximum atomic E-state index is 5.81. The van der Waals surface area contributed by atoms with Gasteiger partial charge in [-0.2, -0.15) is 4.98 Å². The highest BCUT2D eigenvalue weighted by Crippen LogP contribution is 2.30. The fourth-order valence-corrected chi connectivity index (χ4v) is 2.25. The third-order valence-electron chi connectivity index (χ3n) is 3.34. The fraction of sp³-hybridized carbons (Fsp3) is 0.636. The van der Waals surface area contributed by atoms with Gasteiger partial charge < -0.3 is 16.4 Å². The van der Waals surface area contributed by atoms with Crippen molar-refractivity contribution in [3.8, 4) is 0 Å². The monoisotopic (exact) mass is 257 g/mol. The van der Waals surface area contributed by atoms with E-state index in [0.717, 1.165) is 37.2 Å². The highest BCUT2D eigenvalue weighted by Gasteiger charge is 2.22. The van der Waals surface area contributed by atoms with E-state index >= 15 is 0 Å². The Balaban J connectivity index is 0.00000144. The molecule has 1 aromatic heterocycles. The van der Waals surface area contributed by atoms with Crippen molar-refractivity contribution in [3.63, 3.8) is 0 Å². The molecule has 96 valence electrons. The summed E-state index contributed by atoms with van der Waals surface area (Å²) in [6, 6.07) is 0. The number of nitrogens with zero attached hydrogens (tertiary/aromatic N) is 3. The topological polar surface area (TPSA) is 81.1 Å². The fourth-order valence-electron chi connectivity index (χ4n) is 2.25. The molecule has 6 heteroatoms. The van der Waals surface area contributed by atoms with Crippen molar-refractivity contribution >= 4 is 24.2 Å². The molecule has 0 saturated carbocycles. The summed E-state index contributed by atoms with van der Waals surface area (Å²) in [5, 5.41) is 0. The van der Waals surface area contributed by atoms with Crippen LogP contribution in [0.5, 0.6) is 0 Å². The molecule has 0 amide bonds. The Bertz CT molecular complexity index is 388. The van der Waals surface area contributed by atoms with Crippen molar-refractivity contribution < 1.29 is 0 Å². The lowest BCUT2D eigenvalue weighted by atomic mass is 9.91. The molecule has 0 radical (unpaired) electrons. The van der Waals surface area contributed by atoms with E-state index in [1.807, 2.05) is 6.92 Å². The van der Waals surface area contributed by atoms with Crippen LogP contribution in [-0.2, 0) is 0 Å². The quantitative estimate of drug-likeness (QED) is 0.790. The summed E-state index contributed by atoms with van der Waals surface area (Å²) in [4.78, 5) is 10.7. The third-order valence-corrected chi connectivity index (χ3v) is 3.34. The van der Waals surface area contributed by atoms with Crippen LogP contribution in [0.25, 0.3) is 0 Å². The SMILES string of the molecule is Cc1c(N)nc(N)nc1C1CCN(C)CC1.Cl. The summed E-state index contributed by atoms with van der Waals surface area (Å²) < 4.78 is 0.